The van der Waals surface area contributed by atoms with Crippen LogP contribution in [0, 0.1) is 0 Å². The first-order chi connectivity index (χ1) is 20.3. The highest BCUT2D eigenvalue weighted by Crippen LogP contribution is 2.62. The van der Waals surface area contributed by atoms with Crippen LogP contribution in [0.1, 0.15) is 86.9 Å². The molecule has 6 heteroatoms. The molecule has 2 heterocycles. The van der Waals surface area contributed by atoms with Crippen molar-refractivity contribution >= 4 is 34.3 Å². The normalized spacial score (nSPS) is 21.8. The van der Waals surface area contributed by atoms with E-state index in [2.05, 4.69) is 53.7 Å². The van der Waals surface area contributed by atoms with Gasteiger partial charge in [0.05, 0.1) is 0 Å². The lowest BCUT2D eigenvalue weighted by molar-refractivity contribution is -0.123. The highest BCUT2D eigenvalue weighted by Gasteiger charge is 2.62. The van der Waals surface area contributed by atoms with Crippen molar-refractivity contribution in [3.05, 3.63) is 129 Å². The van der Waals surface area contributed by atoms with Crippen molar-refractivity contribution in [2.45, 2.75) is 69.1 Å². The second-order valence-corrected chi connectivity index (χ2v) is 15.1. The minimum Gasteiger partial charge on any atom is -0.507 e. The predicted octanol–water partition coefficient (Wildman–Crippen LogP) is 9.37. The van der Waals surface area contributed by atoms with E-state index in [0.29, 0.717) is 21.6 Å². The summed E-state index contributed by atoms with van der Waals surface area (Å²) in [5, 5.41) is 12.8. The van der Waals surface area contributed by atoms with Crippen LogP contribution in [0.15, 0.2) is 96.0 Å². The fraction of sp³-hybridized carbons (Fsp3) is 0.297. The number of benzene rings is 4. The molecule has 0 saturated heterocycles. The largest absolute Gasteiger partial charge is 0.507 e. The summed E-state index contributed by atoms with van der Waals surface area (Å²) in [6.07, 6.45) is -0.728. The van der Waals surface area contributed by atoms with Crippen molar-refractivity contribution in [2.75, 3.05) is 0 Å². The summed E-state index contributed by atoms with van der Waals surface area (Å²) in [6, 6.07) is 29.5. The van der Waals surface area contributed by atoms with Gasteiger partial charge in [-0.25, -0.2) is 4.99 Å². The smallest absolute Gasteiger partial charge is 0.268 e. The molecule has 1 amide bonds. The van der Waals surface area contributed by atoms with Gasteiger partial charge in [-0.3, -0.25) is 4.79 Å². The number of phenols is 1. The molecule has 4 aromatic rings. The number of aromatic hydroxyl groups is 1. The summed E-state index contributed by atoms with van der Waals surface area (Å²) in [4.78, 5) is 19.4. The number of aliphatic imine (C=N–C) groups is 1. The highest BCUT2D eigenvalue weighted by molar-refractivity contribution is 8.16. The van der Waals surface area contributed by atoms with Gasteiger partial charge in [0.1, 0.15) is 16.5 Å². The lowest BCUT2D eigenvalue weighted by Gasteiger charge is -2.46. The summed E-state index contributed by atoms with van der Waals surface area (Å²) < 4.78 is 5.61. The molecule has 0 aromatic heterocycles. The molecule has 1 N–H and O–H groups in total. The molecular formula is C37H36ClNO3S. The molecule has 4 aromatic carbocycles. The van der Waals surface area contributed by atoms with Gasteiger partial charge in [0.25, 0.3) is 5.91 Å². The third kappa shape index (κ3) is 4.97. The zero-order chi connectivity index (χ0) is 30.7. The number of hydrogen-bond acceptors (Lipinski definition) is 4. The second kappa shape index (κ2) is 10.6. The monoisotopic (exact) mass is 609 g/mol. The molecule has 0 unspecified atom stereocenters. The third-order valence-corrected chi connectivity index (χ3v) is 10.2. The molecule has 2 aliphatic heterocycles. The number of thioether (sulfide) groups is 1. The fourth-order valence-corrected chi connectivity index (χ4v) is 7.99. The van der Waals surface area contributed by atoms with Crippen LogP contribution in [0.4, 0.5) is 0 Å². The number of para-hydroxylation sites is 1. The fourth-order valence-electron chi connectivity index (χ4n) is 6.26. The van der Waals surface area contributed by atoms with Gasteiger partial charge >= 0.3 is 0 Å². The van der Waals surface area contributed by atoms with Crippen LogP contribution in [-0.2, 0) is 15.6 Å². The zero-order valence-corrected chi connectivity index (χ0v) is 26.9. The van der Waals surface area contributed by atoms with Gasteiger partial charge in [-0.15, -0.1) is 0 Å². The lowest BCUT2D eigenvalue weighted by Crippen LogP contribution is -2.50. The average Bonchev–Trinajstić information content (AvgIpc) is 3.29. The Bertz CT molecular complexity index is 1720. The van der Waals surface area contributed by atoms with Crippen LogP contribution in [0.5, 0.6) is 11.5 Å². The van der Waals surface area contributed by atoms with Crippen LogP contribution in [-0.4, -0.2) is 20.8 Å². The van der Waals surface area contributed by atoms with Gasteiger partial charge in [0.15, 0.2) is 10.9 Å². The van der Waals surface area contributed by atoms with Gasteiger partial charge < -0.3 is 9.84 Å². The maximum atomic E-state index is 14.7. The molecule has 6 rings (SSSR count). The summed E-state index contributed by atoms with van der Waals surface area (Å²) in [5.74, 6) is 0.284. The quantitative estimate of drug-likeness (QED) is 0.251. The van der Waals surface area contributed by atoms with E-state index < -0.39 is 16.8 Å². The number of rotatable bonds is 3. The number of fused-ring (bicyclic) bond motifs is 1. The van der Waals surface area contributed by atoms with Crippen LogP contribution in [0.25, 0.3) is 0 Å². The molecule has 3 atom stereocenters. The van der Waals surface area contributed by atoms with E-state index in [4.69, 9.17) is 21.3 Å². The first-order valence-corrected chi connectivity index (χ1v) is 15.8. The summed E-state index contributed by atoms with van der Waals surface area (Å²) >= 11 is 8.32. The Morgan fingerprint density at radius 2 is 1.37 bits per heavy atom. The van der Waals surface area contributed by atoms with E-state index in [1.807, 2.05) is 78.9 Å². The maximum Gasteiger partial charge on any atom is 0.268 e. The van der Waals surface area contributed by atoms with Crippen LogP contribution in [0.2, 0.25) is 5.02 Å². The second-order valence-electron chi connectivity index (χ2n) is 13.4. The maximum absolute atomic E-state index is 14.7. The van der Waals surface area contributed by atoms with Gasteiger partial charge in [-0.05, 0) is 39.7 Å². The minimum atomic E-state index is -1.20. The molecule has 0 fully saturated rings. The minimum absolute atomic E-state index is 0.261. The summed E-state index contributed by atoms with van der Waals surface area (Å²) in [7, 11) is 0. The van der Waals surface area contributed by atoms with E-state index in [1.54, 1.807) is 0 Å². The Hall–Kier alpha value is -3.54. The topological polar surface area (TPSA) is 58.9 Å². The van der Waals surface area contributed by atoms with Crippen LogP contribution >= 0.6 is 23.4 Å². The number of amides is 1. The number of nitrogens with zero attached hydrogens (tertiary/aromatic N) is 1. The first-order valence-electron chi connectivity index (χ1n) is 14.6. The van der Waals surface area contributed by atoms with Gasteiger partial charge in [0, 0.05) is 27.6 Å². The third-order valence-electron chi connectivity index (χ3n) is 8.39. The number of phenolic OH excluding ortho intramolecular Hbond substituents is 1. The van der Waals surface area contributed by atoms with E-state index in [-0.39, 0.29) is 16.7 Å². The molecular weight excluding hydrogens is 574 g/mol. The van der Waals surface area contributed by atoms with Crippen molar-refractivity contribution in [2.24, 2.45) is 4.99 Å². The molecule has 4 nitrogen and oxygen atoms in total. The van der Waals surface area contributed by atoms with Crippen LogP contribution < -0.4 is 4.74 Å². The van der Waals surface area contributed by atoms with Crippen molar-refractivity contribution < 1.29 is 14.6 Å². The van der Waals surface area contributed by atoms with Crippen molar-refractivity contribution in [3.8, 4) is 11.5 Å². The number of ether oxygens (including phenoxy) is 1. The Kier molecular flexibility index (Phi) is 7.26. The number of hydrogen-bond donors (Lipinski definition) is 1. The van der Waals surface area contributed by atoms with Gasteiger partial charge in [-0.1, -0.05) is 144 Å². The predicted molar refractivity (Wildman–Crippen MR) is 177 cm³/mol. The van der Waals surface area contributed by atoms with E-state index in [0.717, 1.165) is 33.4 Å². The molecule has 1 spiro atoms. The van der Waals surface area contributed by atoms with Crippen molar-refractivity contribution in [3.63, 3.8) is 0 Å². The van der Waals surface area contributed by atoms with Gasteiger partial charge in [0.2, 0.25) is 0 Å². The Labute approximate surface area is 263 Å². The number of halogens is 1. The average molecular weight is 610 g/mol. The van der Waals surface area contributed by atoms with Crippen LogP contribution in [0.3, 0.4) is 0 Å². The zero-order valence-electron chi connectivity index (χ0n) is 25.3. The van der Waals surface area contributed by atoms with Crippen molar-refractivity contribution in [1.82, 2.24) is 0 Å². The first kappa shape index (κ1) is 29.5. The van der Waals surface area contributed by atoms with E-state index >= 15 is 0 Å². The van der Waals surface area contributed by atoms with E-state index in [9.17, 15) is 9.90 Å². The molecule has 2 aliphatic rings. The van der Waals surface area contributed by atoms with E-state index in [1.165, 1.54) is 11.8 Å². The van der Waals surface area contributed by atoms with Gasteiger partial charge in [-0.2, -0.15) is 0 Å². The standard InChI is InChI=1S/C37H36ClNO3S/c1-35(2,3)26-20-23(21-27(31(26)40)36(4,5)6)30-25-17-11-13-19-29(25)42-32(24-16-10-12-18-28(24)38)37(30)34(41)39-33(43-37)22-14-8-7-9-15-22/h7-21,30,32,40H,1-6H3/t30-,32-,37-/m1/s1. The Balaban J connectivity index is 1.69. The highest BCUT2D eigenvalue weighted by atomic mass is 35.5. The molecule has 43 heavy (non-hydrogen) atoms. The number of carbonyl (C=O) groups is 1. The number of carbonyl (C=O) groups excluding carboxylic acids is 1. The SMILES string of the molecule is CC(C)(C)c1cc([C@@H]2c3ccccc3O[C@H](c3ccccc3Cl)[C@]23SC(c2ccccc2)=NC3=O)cc(C(C)(C)C)c1O. The summed E-state index contributed by atoms with van der Waals surface area (Å²) in [5.41, 5.74) is 4.43. The lowest BCUT2D eigenvalue weighted by atomic mass is 9.70. The molecule has 0 saturated carbocycles. The Morgan fingerprint density at radius 1 is 0.814 bits per heavy atom. The molecule has 220 valence electrons. The van der Waals surface area contributed by atoms with Crippen molar-refractivity contribution in [1.29, 1.82) is 0 Å². The Morgan fingerprint density at radius 3 is 1.98 bits per heavy atom. The summed E-state index contributed by atoms with van der Waals surface area (Å²) in [6.45, 7) is 12.6. The molecule has 0 radical (unpaired) electrons. The molecule has 0 bridgehead atoms. The molecule has 0 aliphatic carbocycles.